The molecule has 1 aromatic heterocycles. The molecule has 0 spiro atoms. The predicted octanol–water partition coefficient (Wildman–Crippen LogP) is 3.14. The first-order valence-corrected chi connectivity index (χ1v) is 4.83. The molecule has 0 saturated carbocycles. The normalized spacial score (nSPS) is 13.7. The van der Waals surface area contributed by atoms with E-state index < -0.39 is 11.7 Å². The number of halogens is 4. The molecule has 0 aromatic carbocycles. The molecule has 1 aromatic rings. The molecule has 0 fully saturated rings. The monoisotopic (exact) mass is 238 g/mol. The molecule has 0 aliphatic heterocycles. The fraction of sp³-hybridized carbons (Fsp3) is 0.444. The van der Waals surface area contributed by atoms with Gasteiger partial charge in [-0.25, -0.2) is 4.98 Å². The largest absolute Gasteiger partial charge is 0.419 e. The third kappa shape index (κ3) is 3.27. The first kappa shape index (κ1) is 12.1. The number of pyridine rings is 1. The second kappa shape index (κ2) is 4.70. The van der Waals surface area contributed by atoms with Crippen LogP contribution < -0.4 is 5.32 Å². The van der Waals surface area contributed by atoms with Gasteiger partial charge in [0.25, 0.3) is 0 Å². The van der Waals surface area contributed by atoms with E-state index in [9.17, 15) is 13.2 Å². The van der Waals surface area contributed by atoms with Crippen molar-refractivity contribution >= 4 is 17.4 Å². The van der Waals surface area contributed by atoms with Crippen molar-refractivity contribution in [2.24, 2.45) is 0 Å². The summed E-state index contributed by atoms with van der Waals surface area (Å²) in [5.74, 6) is 0.0339. The number of nitrogens with one attached hydrogen (secondary N) is 1. The van der Waals surface area contributed by atoms with Gasteiger partial charge in [0.2, 0.25) is 0 Å². The van der Waals surface area contributed by atoms with Crippen molar-refractivity contribution in [2.75, 3.05) is 11.2 Å². The zero-order valence-electron chi connectivity index (χ0n) is 7.98. The number of hydrogen-bond donors (Lipinski definition) is 1. The number of anilines is 1. The molecule has 15 heavy (non-hydrogen) atoms. The Morgan fingerprint density at radius 1 is 1.53 bits per heavy atom. The molecule has 6 heteroatoms. The van der Waals surface area contributed by atoms with Crippen LogP contribution in [0.5, 0.6) is 0 Å². The van der Waals surface area contributed by atoms with Gasteiger partial charge in [-0.3, -0.25) is 0 Å². The molecule has 0 amide bonds. The molecule has 1 heterocycles. The minimum Gasteiger partial charge on any atom is -0.366 e. The molecular formula is C9H10ClF3N2. The maximum Gasteiger partial charge on any atom is 0.419 e. The number of rotatable bonds is 3. The zero-order valence-corrected chi connectivity index (χ0v) is 8.73. The van der Waals surface area contributed by atoms with Gasteiger partial charge in [-0.15, -0.1) is 11.6 Å². The van der Waals surface area contributed by atoms with Crippen LogP contribution in [-0.4, -0.2) is 16.9 Å². The molecule has 0 aliphatic rings. The molecule has 1 unspecified atom stereocenters. The molecule has 1 N–H and O–H groups in total. The van der Waals surface area contributed by atoms with Crippen molar-refractivity contribution in [3.63, 3.8) is 0 Å². The lowest BCUT2D eigenvalue weighted by atomic mass is 10.2. The Kier molecular flexibility index (Phi) is 3.79. The van der Waals surface area contributed by atoms with Gasteiger partial charge in [0.05, 0.1) is 5.56 Å². The summed E-state index contributed by atoms with van der Waals surface area (Å²) in [5.41, 5.74) is -0.776. The highest BCUT2D eigenvalue weighted by molar-refractivity contribution is 6.18. The van der Waals surface area contributed by atoms with E-state index in [1.54, 1.807) is 6.92 Å². The van der Waals surface area contributed by atoms with Crippen LogP contribution in [0.3, 0.4) is 0 Å². The summed E-state index contributed by atoms with van der Waals surface area (Å²) in [6, 6.07) is 1.97. The molecule has 0 radical (unpaired) electrons. The lowest BCUT2D eigenvalue weighted by Gasteiger charge is -2.16. The quantitative estimate of drug-likeness (QED) is 0.819. The third-order valence-corrected chi connectivity index (χ3v) is 2.19. The number of nitrogens with zero attached hydrogens (tertiary/aromatic N) is 1. The first-order chi connectivity index (χ1) is 6.95. The zero-order chi connectivity index (χ0) is 11.5. The Morgan fingerprint density at radius 3 is 2.73 bits per heavy atom. The molecule has 1 rings (SSSR count). The Labute approximate surface area is 90.5 Å². The Balaban J connectivity index is 2.97. The van der Waals surface area contributed by atoms with Crippen LogP contribution >= 0.6 is 11.6 Å². The molecule has 0 saturated heterocycles. The van der Waals surface area contributed by atoms with Crippen LogP contribution in [0.25, 0.3) is 0 Å². The fourth-order valence-corrected chi connectivity index (χ4v) is 1.10. The summed E-state index contributed by atoms with van der Waals surface area (Å²) in [6.45, 7) is 1.68. The van der Waals surface area contributed by atoms with E-state index in [4.69, 9.17) is 11.6 Å². The van der Waals surface area contributed by atoms with Crippen molar-refractivity contribution in [2.45, 2.75) is 19.1 Å². The second-order valence-electron chi connectivity index (χ2n) is 3.10. The molecular weight excluding hydrogens is 229 g/mol. The number of alkyl halides is 4. The van der Waals surface area contributed by atoms with E-state index in [0.717, 1.165) is 6.07 Å². The summed E-state index contributed by atoms with van der Waals surface area (Å²) in [5, 5.41) is 2.60. The lowest BCUT2D eigenvalue weighted by Crippen LogP contribution is -2.20. The average molecular weight is 239 g/mol. The number of hydrogen-bond acceptors (Lipinski definition) is 2. The Hall–Kier alpha value is -0.970. The van der Waals surface area contributed by atoms with E-state index >= 15 is 0 Å². The van der Waals surface area contributed by atoms with E-state index in [1.807, 2.05) is 0 Å². The van der Waals surface area contributed by atoms with E-state index in [-0.39, 0.29) is 17.7 Å². The molecule has 0 aliphatic carbocycles. The summed E-state index contributed by atoms with van der Waals surface area (Å²) in [4.78, 5) is 3.64. The molecule has 2 nitrogen and oxygen atoms in total. The second-order valence-corrected chi connectivity index (χ2v) is 3.41. The van der Waals surface area contributed by atoms with Crippen molar-refractivity contribution in [1.82, 2.24) is 4.98 Å². The van der Waals surface area contributed by atoms with Crippen LogP contribution in [-0.2, 0) is 6.18 Å². The minimum atomic E-state index is -4.40. The highest BCUT2D eigenvalue weighted by Crippen LogP contribution is 2.33. The molecule has 0 bridgehead atoms. The number of aromatic nitrogens is 1. The fourth-order valence-electron chi connectivity index (χ4n) is 1.02. The summed E-state index contributed by atoms with van der Waals surface area (Å²) < 4.78 is 37.5. The van der Waals surface area contributed by atoms with E-state index in [2.05, 4.69) is 10.3 Å². The van der Waals surface area contributed by atoms with Gasteiger partial charge in [0, 0.05) is 18.1 Å². The lowest BCUT2D eigenvalue weighted by molar-refractivity contribution is -0.137. The van der Waals surface area contributed by atoms with Crippen LogP contribution in [0.2, 0.25) is 0 Å². The van der Waals surface area contributed by atoms with Crippen LogP contribution in [0, 0.1) is 0 Å². The predicted molar refractivity (Wildman–Crippen MR) is 53.0 cm³/mol. The van der Waals surface area contributed by atoms with Crippen molar-refractivity contribution < 1.29 is 13.2 Å². The topological polar surface area (TPSA) is 24.9 Å². The maximum absolute atomic E-state index is 12.5. The van der Waals surface area contributed by atoms with Gasteiger partial charge in [-0.05, 0) is 19.1 Å². The van der Waals surface area contributed by atoms with Gasteiger partial charge in [0.1, 0.15) is 5.82 Å². The van der Waals surface area contributed by atoms with Crippen molar-refractivity contribution in [1.29, 1.82) is 0 Å². The first-order valence-electron chi connectivity index (χ1n) is 4.30. The highest BCUT2D eigenvalue weighted by atomic mass is 35.5. The van der Waals surface area contributed by atoms with E-state index in [1.165, 1.54) is 12.3 Å². The van der Waals surface area contributed by atoms with Crippen LogP contribution in [0.4, 0.5) is 19.0 Å². The summed E-state index contributed by atoms with van der Waals surface area (Å²) in [6.07, 6.45) is -3.10. The summed E-state index contributed by atoms with van der Waals surface area (Å²) in [7, 11) is 0. The standard InChI is InChI=1S/C9H10ClF3N2/c1-6(5-10)15-8-7(9(11,12)13)3-2-4-14-8/h2-4,6H,5H2,1H3,(H,14,15). The molecule has 1 atom stereocenters. The summed E-state index contributed by atoms with van der Waals surface area (Å²) >= 11 is 5.50. The minimum absolute atomic E-state index is 0.182. The van der Waals surface area contributed by atoms with Gasteiger partial charge in [-0.1, -0.05) is 0 Å². The van der Waals surface area contributed by atoms with Crippen LogP contribution in [0.1, 0.15) is 12.5 Å². The average Bonchev–Trinajstić information content (AvgIpc) is 2.17. The maximum atomic E-state index is 12.5. The van der Waals surface area contributed by atoms with Crippen molar-refractivity contribution in [3.05, 3.63) is 23.9 Å². The van der Waals surface area contributed by atoms with E-state index in [0.29, 0.717) is 0 Å². The van der Waals surface area contributed by atoms with Crippen LogP contribution in [0.15, 0.2) is 18.3 Å². The van der Waals surface area contributed by atoms with Gasteiger partial charge >= 0.3 is 6.18 Å². The Bertz CT molecular complexity index is 327. The molecule has 84 valence electrons. The van der Waals surface area contributed by atoms with Crippen molar-refractivity contribution in [3.8, 4) is 0 Å². The highest BCUT2D eigenvalue weighted by Gasteiger charge is 2.34. The van der Waals surface area contributed by atoms with Gasteiger partial charge < -0.3 is 5.32 Å². The Morgan fingerprint density at radius 2 is 2.20 bits per heavy atom. The smallest absolute Gasteiger partial charge is 0.366 e. The van der Waals surface area contributed by atoms with Gasteiger partial charge in [-0.2, -0.15) is 13.2 Å². The SMILES string of the molecule is CC(CCl)Nc1ncccc1C(F)(F)F. The third-order valence-electron chi connectivity index (χ3n) is 1.73. The van der Waals surface area contributed by atoms with Gasteiger partial charge in [0.15, 0.2) is 0 Å².